The van der Waals surface area contributed by atoms with Crippen molar-refractivity contribution in [2.45, 2.75) is 76.4 Å². The largest absolute Gasteiger partial charge is 0.473 e. The van der Waals surface area contributed by atoms with Crippen LogP contribution < -0.4 is 0 Å². The van der Waals surface area contributed by atoms with Crippen LogP contribution in [0.25, 0.3) is 0 Å². The molecule has 0 bridgehead atoms. The van der Waals surface area contributed by atoms with Crippen molar-refractivity contribution < 1.29 is 24.9 Å². The predicted octanol–water partition coefficient (Wildman–Crippen LogP) is 6.07. The summed E-state index contributed by atoms with van der Waals surface area (Å²) in [4.78, 5) is 23.0. The molecule has 0 aromatic heterocycles. The Balaban J connectivity index is 1.95. The molecule has 0 spiro atoms. The van der Waals surface area contributed by atoms with Crippen LogP contribution in [-0.2, 0) is 4.79 Å². The Kier molecular flexibility index (Phi) is 11.8. The van der Waals surface area contributed by atoms with Gasteiger partial charge in [-0.25, -0.2) is 4.79 Å². The second kappa shape index (κ2) is 14.0. The summed E-state index contributed by atoms with van der Waals surface area (Å²) >= 11 is 6.88. The topological polar surface area (TPSA) is 94.8 Å². The standard InChI is InChI=1S/C25H35ClO5S/c1-2-3-7-19(17-9-11-18(26)12-10-17)22(27)14-13-21-20(23(28)16-24(21)29)8-5-4-6-15-32-25(30)31/h4-5,9-12,19-22,24,27,29H,2-3,6-8,13-16H2,1H3,(H,30,31)/t19?,20-,21-,22?,24?/m1/s1. The van der Waals surface area contributed by atoms with E-state index in [9.17, 15) is 19.8 Å². The highest BCUT2D eigenvalue weighted by Gasteiger charge is 2.40. The molecule has 0 amide bonds. The molecule has 7 heteroatoms. The SMILES string of the molecule is CCCCC(c1ccc(Cl)cc1)C(O)CC[C@H]1C(O)CC(=O)[C@@H]1CC=CCCSC(=O)O. The van der Waals surface area contributed by atoms with Gasteiger partial charge in [0, 0.05) is 29.0 Å². The summed E-state index contributed by atoms with van der Waals surface area (Å²) < 4.78 is 0. The van der Waals surface area contributed by atoms with Crippen molar-refractivity contribution in [3.05, 3.63) is 47.0 Å². The molecule has 1 aliphatic carbocycles. The van der Waals surface area contributed by atoms with E-state index in [0.29, 0.717) is 36.5 Å². The Labute approximate surface area is 200 Å². The maximum Gasteiger partial charge on any atom is 0.364 e. The number of carbonyl (C=O) groups excluding carboxylic acids is 1. The molecule has 1 fully saturated rings. The molecule has 178 valence electrons. The van der Waals surface area contributed by atoms with Gasteiger partial charge in [0.1, 0.15) is 5.78 Å². The van der Waals surface area contributed by atoms with E-state index >= 15 is 0 Å². The minimum atomic E-state index is -0.887. The second-order valence-electron chi connectivity index (χ2n) is 8.56. The summed E-state index contributed by atoms with van der Waals surface area (Å²) in [6.45, 7) is 2.13. The van der Waals surface area contributed by atoms with Crippen LogP contribution in [0.3, 0.4) is 0 Å². The maximum absolute atomic E-state index is 12.4. The number of aliphatic hydroxyl groups excluding tert-OH is 2. The van der Waals surface area contributed by atoms with Gasteiger partial charge in [0.05, 0.1) is 12.2 Å². The molecule has 1 aromatic carbocycles. The molecule has 3 unspecified atom stereocenters. The fraction of sp³-hybridized carbons (Fsp3) is 0.600. The van der Waals surface area contributed by atoms with Gasteiger partial charge in [-0.2, -0.15) is 0 Å². The number of thioether (sulfide) groups is 1. The van der Waals surface area contributed by atoms with E-state index in [1.54, 1.807) is 0 Å². The first-order chi connectivity index (χ1) is 15.3. The molecule has 5 atom stereocenters. The van der Waals surface area contributed by atoms with Crippen LogP contribution in [0.1, 0.15) is 69.8 Å². The molecule has 0 radical (unpaired) electrons. The lowest BCUT2D eigenvalue weighted by molar-refractivity contribution is -0.121. The van der Waals surface area contributed by atoms with E-state index in [-0.39, 0.29) is 30.0 Å². The minimum absolute atomic E-state index is 0.00606. The Morgan fingerprint density at radius 3 is 2.62 bits per heavy atom. The monoisotopic (exact) mass is 482 g/mol. The number of rotatable bonds is 13. The number of benzene rings is 1. The molecule has 1 saturated carbocycles. The zero-order valence-corrected chi connectivity index (χ0v) is 20.2. The van der Waals surface area contributed by atoms with Crippen molar-refractivity contribution in [3.8, 4) is 0 Å². The third-order valence-electron chi connectivity index (χ3n) is 6.33. The van der Waals surface area contributed by atoms with Crippen molar-refractivity contribution in [3.63, 3.8) is 0 Å². The molecule has 1 aliphatic rings. The Hall–Kier alpha value is -1.34. The van der Waals surface area contributed by atoms with E-state index in [1.807, 2.05) is 36.4 Å². The zero-order valence-electron chi connectivity index (χ0n) is 18.7. The fourth-order valence-electron chi connectivity index (χ4n) is 4.57. The molecular formula is C25H35ClO5S. The molecule has 0 heterocycles. The van der Waals surface area contributed by atoms with Gasteiger partial charge in [-0.05, 0) is 67.5 Å². The van der Waals surface area contributed by atoms with Crippen molar-refractivity contribution in [2.24, 2.45) is 11.8 Å². The highest BCUT2D eigenvalue weighted by molar-refractivity contribution is 8.13. The number of aliphatic hydroxyl groups is 2. The Morgan fingerprint density at radius 1 is 1.25 bits per heavy atom. The number of hydrogen-bond donors (Lipinski definition) is 3. The van der Waals surface area contributed by atoms with E-state index in [1.165, 1.54) is 0 Å². The van der Waals surface area contributed by atoms with Gasteiger partial charge in [0.25, 0.3) is 0 Å². The number of carboxylic acid groups (broad SMARTS) is 1. The summed E-state index contributed by atoms with van der Waals surface area (Å²) in [5.41, 5.74) is 1.07. The number of halogens is 1. The van der Waals surface area contributed by atoms with E-state index in [2.05, 4.69) is 6.92 Å². The number of ketones is 1. The number of unbranched alkanes of at least 4 members (excludes halogenated alkanes) is 1. The van der Waals surface area contributed by atoms with Crippen LogP contribution in [0.2, 0.25) is 5.02 Å². The van der Waals surface area contributed by atoms with E-state index < -0.39 is 17.5 Å². The Bertz CT molecular complexity index is 751. The number of allylic oxidation sites excluding steroid dienone is 2. The van der Waals surface area contributed by atoms with Crippen LogP contribution >= 0.6 is 23.4 Å². The van der Waals surface area contributed by atoms with Gasteiger partial charge in [0.2, 0.25) is 0 Å². The van der Waals surface area contributed by atoms with Gasteiger partial charge in [-0.15, -0.1) is 0 Å². The molecule has 3 N–H and O–H groups in total. The molecule has 2 rings (SSSR count). The zero-order chi connectivity index (χ0) is 23.5. The number of hydrogen-bond acceptors (Lipinski definition) is 5. The summed E-state index contributed by atoms with van der Waals surface area (Å²) in [6, 6.07) is 7.63. The van der Waals surface area contributed by atoms with Crippen LogP contribution in [0.5, 0.6) is 0 Å². The van der Waals surface area contributed by atoms with Crippen LogP contribution in [0.4, 0.5) is 4.79 Å². The van der Waals surface area contributed by atoms with Crippen molar-refractivity contribution in [2.75, 3.05) is 5.75 Å². The molecule has 1 aromatic rings. The second-order valence-corrected chi connectivity index (χ2v) is 10.0. The summed E-state index contributed by atoms with van der Waals surface area (Å²) in [5.74, 6) is 0.165. The van der Waals surface area contributed by atoms with Gasteiger partial charge in [0.15, 0.2) is 0 Å². The Morgan fingerprint density at radius 2 is 1.97 bits per heavy atom. The number of carbonyl (C=O) groups is 2. The van der Waals surface area contributed by atoms with Crippen molar-refractivity contribution in [1.29, 1.82) is 0 Å². The molecule has 0 aliphatic heterocycles. The third-order valence-corrected chi connectivity index (χ3v) is 7.27. The average molecular weight is 483 g/mol. The van der Waals surface area contributed by atoms with Crippen LogP contribution in [0.15, 0.2) is 36.4 Å². The lowest BCUT2D eigenvalue weighted by Gasteiger charge is -2.26. The van der Waals surface area contributed by atoms with Crippen LogP contribution in [-0.4, -0.2) is 44.4 Å². The molecule has 5 nitrogen and oxygen atoms in total. The summed E-state index contributed by atoms with van der Waals surface area (Å²) in [7, 11) is 0. The van der Waals surface area contributed by atoms with Gasteiger partial charge in [-0.1, -0.05) is 55.7 Å². The molecule has 32 heavy (non-hydrogen) atoms. The average Bonchev–Trinajstić information content (AvgIpc) is 3.02. The summed E-state index contributed by atoms with van der Waals surface area (Å²) in [5, 5.41) is 29.9. The molecular weight excluding hydrogens is 448 g/mol. The predicted molar refractivity (Wildman–Crippen MR) is 130 cm³/mol. The van der Waals surface area contributed by atoms with Gasteiger partial charge >= 0.3 is 5.30 Å². The smallest absolute Gasteiger partial charge is 0.364 e. The summed E-state index contributed by atoms with van der Waals surface area (Å²) in [6.07, 6.45) is 8.03. The maximum atomic E-state index is 12.4. The highest BCUT2D eigenvalue weighted by Crippen LogP contribution is 2.37. The third kappa shape index (κ3) is 8.54. The molecule has 0 saturated heterocycles. The van der Waals surface area contributed by atoms with Gasteiger partial charge in [-0.3, -0.25) is 4.79 Å². The van der Waals surface area contributed by atoms with Crippen molar-refractivity contribution in [1.82, 2.24) is 0 Å². The quantitative estimate of drug-likeness (QED) is 0.233. The lowest BCUT2D eigenvalue weighted by atomic mass is 9.82. The normalized spacial score (nSPS) is 23.0. The number of Topliss-reactive ketones (excluding diaryl/α,β-unsaturated/α-hetero) is 1. The highest BCUT2D eigenvalue weighted by atomic mass is 35.5. The first kappa shape index (κ1) is 26.9. The first-order valence-corrected chi connectivity index (χ1v) is 12.8. The van der Waals surface area contributed by atoms with E-state index in [0.717, 1.165) is 36.6 Å². The van der Waals surface area contributed by atoms with Crippen molar-refractivity contribution >= 4 is 34.4 Å². The van der Waals surface area contributed by atoms with Crippen LogP contribution in [0, 0.1) is 11.8 Å². The first-order valence-electron chi connectivity index (χ1n) is 11.5. The minimum Gasteiger partial charge on any atom is -0.473 e. The fourth-order valence-corrected chi connectivity index (χ4v) is 5.12. The van der Waals surface area contributed by atoms with Gasteiger partial charge < -0.3 is 15.3 Å². The lowest BCUT2D eigenvalue weighted by Crippen LogP contribution is -2.25. The van der Waals surface area contributed by atoms with E-state index in [4.69, 9.17) is 16.7 Å².